The molecule has 92 valence electrons. The van der Waals surface area contributed by atoms with Crippen LogP contribution in [0.1, 0.15) is 38.8 Å². The molecule has 0 N–H and O–H groups in total. The minimum absolute atomic E-state index is 0.0841. The molecule has 0 aliphatic heterocycles. The largest absolute Gasteiger partial charge is 0.496 e. The second-order valence-electron chi connectivity index (χ2n) is 5.56. The van der Waals surface area contributed by atoms with Crippen LogP contribution in [-0.2, 0) is 11.8 Å². The van der Waals surface area contributed by atoms with Crippen LogP contribution in [0.4, 0.5) is 0 Å². The summed E-state index contributed by atoms with van der Waals surface area (Å²) in [7, 11) is 1.72. The van der Waals surface area contributed by atoms with Crippen molar-refractivity contribution in [1.29, 1.82) is 0 Å². The van der Waals surface area contributed by atoms with Crippen molar-refractivity contribution in [3.05, 3.63) is 29.3 Å². The zero-order chi connectivity index (χ0) is 13.1. The summed E-state index contributed by atoms with van der Waals surface area (Å²) in [6.45, 7) is 8.65. The van der Waals surface area contributed by atoms with E-state index >= 15 is 0 Å². The summed E-state index contributed by atoms with van der Waals surface area (Å²) in [5, 5.41) is 0. The van der Waals surface area contributed by atoms with Crippen LogP contribution in [0.2, 0.25) is 0 Å². The van der Waals surface area contributed by atoms with Crippen LogP contribution in [0.5, 0.6) is 5.75 Å². The van der Waals surface area contributed by atoms with E-state index < -0.39 is 0 Å². The van der Waals surface area contributed by atoms with Gasteiger partial charge < -0.3 is 4.74 Å². The highest BCUT2D eigenvalue weighted by Crippen LogP contribution is 2.32. The Balaban J connectivity index is 3.10. The molecule has 0 saturated heterocycles. The van der Waals surface area contributed by atoms with Gasteiger partial charge in [0.1, 0.15) is 5.75 Å². The Kier molecular flexibility index (Phi) is 4.23. The number of hydrogen-bond donors (Lipinski definition) is 0. The molecular weight excluding hydrogens is 208 g/mol. The molecule has 0 aromatic heterocycles. The number of rotatable bonds is 3. The maximum Gasteiger partial charge on any atom is 0.122 e. The molecule has 0 aliphatic carbocycles. The molecule has 0 bridgehead atoms. The number of terminal acetylenes is 1. The van der Waals surface area contributed by atoms with Crippen LogP contribution in [0.15, 0.2) is 18.2 Å². The van der Waals surface area contributed by atoms with Gasteiger partial charge in [-0.2, -0.15) is 0 Å². The molecule has 1 atom stereocenters. The standard InChI is InChI=1S/C16H22O/c1-7-12(2)10-13-8-9-15(17-6)14(11-13)16(3,4)5/h1,8-9,11-12H,10H2,2-6H3. The molecule has 0 saturated carbocycles. The van der Waals surface area contributed by atoms with Crippen LogP contribution in [0.3, 0.4) is 0 Å². The summed E-state index contributed by atoms with van der Waals surface area (Å²) < 4.78 is 5.42. The second-order valence-corrected chi connectivity index (χ2v) is 5.56. The van der Waals surface area contributed by atoms with Gasteiger partial charge in [0.05, 0.1) is 7.11 Å². The molecule has 1 unspecified atom stereocenters. The summed E-state index contributed by atoms with van der Waals surface area (Å²) in [6, 6.07) is 6.35. The van der Waals surface area contributed by atoms with Crippen molar-refractivity contribution in [2.24, 2.45) is 5.92 Å². The van der Waals surface area contributed by atoms with Crippen LogP contribution in [0.25, 0.3) is 0 Å². The van der Waals surface area contributed by atoms with E-state index in [0.717, 1.165) is 12.2 Å². The first-order chi connectivity index (χ1) is 7.88. The first-order valence-corrected chi connectivity index (χ1v) is 6.02. The van der Waals surface area contributed by atoms with Crippen molar-refractivity contribution in [1.82, 2.24) is 0 Å². The third-order valence-electron chi connectivity index (χ3n) is 2.90. The van der Waals surface area contributed by atoms with Crippen LogP contribution in [0, 0.1) is 18.3 Å². The van der Waals surface area contributed by atoms with Gasteiger partial charge in [-0.05, 0) is 29.0 Å². The average Bonchev–Trinajstić information content (AvgIpc) is 2.27. The second kappa shape index (κ2) is 5.27. The molecule has 17 heavy (non-hydrogen) atoms. The topological polar surface area (TPSA) is 9.23 Å². The van der Waals surface area contributed by atoms with Gasteiger partial charge in [-0.25, -0.2) is 0 Å². The van der Waals surface area contributed by atoms with Gasteiger partial charge in [-0.1, -0.05) is 39.8 Å². The first kappa shape index (κ1) is 13.6. The van der Waals surface area contributed by atoms with E-state index in [4.69, 9.17) is 11.2 Å². The number of methoxy groups -OCH3 is 1. The monoisotopic (exact) mass is 230 g/mol. The molecule has 1 nitrogen and oxygen atoms in total. The Morgan fingerprint density at radius 2 is 2.00 bits per heavy atom. The van der Waals surface area contributed by atoms with Crippen molar-refractivity contribution >= 4 is 0 Å². The van der Waals surface area contributed by atoms with E-state index in [-0.39, 0.29) is 11.3 Å². The molecule has 0 aliphatic rings. The summed E-state index contributed by atoms with van der Waals surface area (Å²) in [5.74, 6) is 4.00. The van der Waals surface area contributed by atoms with Gasteiger partial charge in [0.15, 0.2) is 0 Å². The van der Waals surface area contributed by atoms with E-state index in [2.05, 4.69) is 45.7 Å². The van der Waals surface area contributed by atoms with Crippen LogP contribution in [-0.4, -0.2) is 7.11 Å². The summed E-state index contributed by atoms with van der Waals surface area (Å²) >= 11 is 0. The molecular formula is C16H22O. The summed E-state index contributed by atoms with van der Waals surface area (Å²) in [5.41, 5.74) is 2.60. The predicted molar refractivity (Wildman–Crippen MR) is 73.4 cm³/mol. The molecule has 0 spiro atoms. The Hall–Kier alpha value is -1.42. The number of ether oxygens (including phenoxy) is 1. The summed E-state index contributed by atoms with van der Waals surface area (Å²) in [6.07, 6.45) is 6.35. The van der Waals surface area contributed by atoms with Crippen molar-refractivity contribution < 1.29 is 4.74 Å². The molecule has 0 heterocycles. The van der Waals surface area contributed by atoms with E-state index in [1.165, 1.54) is 11.1 Å². The van der Waals surface area contributed by atoms with Gasteiger partial charge >= 0.3 is 0 Å². The molecule has 0 radical (unpaired) electrons. The van der Waals surface area contributed by atoms with Crippen molar-refractivity contribution in [3.8, 4) is 18.1 Å². The first-order valence-electron chi connectivity index (χ1n) is 6.02. The molecule has 1 aromatic carbocycles. The lowest BCUT2D eigenvalue weighted by molar-refractivity contribution is 0.397. The zero-order valence-electron chi connectivity index (χ0n) is 11.5. The quantitative estimate of drug-likeness (QED) is 0.718. The van der Waals surface area contributed by atoms with E-state index in [1.807, 2.05) is 6.07 Å². The van der Waals surface area contributed by atoms with Crippen molar-refractivity contribution in [3.63, 3.8) is 0 Å². The summed E-state index contributed by atoms with van der Waals surface area (Å²) in [4.78, 5) is 0. The Labute approximate surface area is 105 Å². The maximum atomic E-state index is 5.43. The fourth-order valence-electron chi connectivity index (χ4n) is 1.88. The lowest BCUT2D eigenvalue weighted by Gasteiger charge is -2.23. The fourth-order valence-corrected chi connectivity index (χ4v) is 1.88. The Morgan fingerprint density at radius 1 is 1.35 bits per heavy atom. The Bertz CT molecular complexity index is 418. The molecule has 1 heteroatoms. The fraction of sp³-hybridized carbons (Fsp3) is 0.500. The van der Waals surface area contributed by atoms with Gasteiger partial charge in [0, 0.05) is 5.92 Å². The molecule has 0 fully saturated rings. The predicted octanol–water partition coefficient (Wildman–Crippen LogP) is 3.80. The Morgan fingerprint density at radius 3 is 2.47 bits per heavy atom. The normalized spacial score (nSPS) is 12.9. The molecule has 1 aromatic rings. The lowest BCUT2D eigenvalue weighted by atomic mass is 9.84. The SMILES string of the molecule is C#CC(C)Cc1ccc(OC)c(C(C)(C)C)c1. The van der Waals surface area contributed by atoms with E-state index in [1.54, 1.807) is 7.11 Å². The van der Waals surface area contributed by atoms with Crippen LogP contribution < -0.4 is 4.74 Å². The third-order valence-corrected chi connectivity index (χ3v) is 2.90. The van der Waals surface area contributed by atoms with Crippen molar-refractivity contribution in [2.75, 3.05) is 7.11 Å². The number of hydrogen-bond acceptors (Lipinski definition) is 1. The van der Waals surface area contributed by atoms with Gasteiger partial charge in [0.25, 0.3) is 0 Å². The molecule has 1 rings (SSSR count). The highest BCUT2D eigenvalue weighted by Gasteiger charge is 2.19. The number of benzene rings is 1. The van der Waals surface area contributed by atoms with E-state index in [9.17, 15) is 0 Å². The van der Waals surface area contributed by atoms with Gasteiger partial charge in [0.2, 0.25) is 0 Å². The minimum Gasteiger partial charge on any atom is -0.496 e. The highest BCUT2D eigenvalue weighted by molar-refractivity contribution is 5.41. The lowest BCUT2D eigenvalue weighted by Crippen LogP contribution is -2.13. The minimum atomic E-state index is 0.0841. The van der Waals surface area contributed by atoms with Crippen molar-refractivity contribution in [2.45, 2.75) is 39.5 Å². The van der Waals surface area contributed by atoms with Gasteiger partial charge in [-0.15, -0.1) is 12.3 Å². The van der Waals surface area contributed by atoms with E-state index in [0.29, 0.717) is 0 Å². The maximum absolute atomic E-state index is 5.43. The van der Waals surface area contributed by atoms with Crippen LogP contribution >= 0.6 is 0 Å². The third kappa shape index (κ3) is 3.53. The molecule has 0 amide bonds. The highest BCUT2D eigenvalue weighted by atomic mass is 16.5. The average molecular weight is 230 g/mol. The van der Waals surface area contributed by atoms with Gasteiger partial charge in [-0.3, -0.25) is 0 Å². The zero-order valence-corrected chi connectivity index (χ0v) is 11.5. The smallest absolute Gasteiger partial charge is 0.122 e.